The molecule has 1 aromatic rings. The second-order valence-electron chi connectivity index (χ2n) is 4.55. The first-order valence-corrected chi connectivity index (χ1v) is 6.17. The van der Waals surface area contributed by atoms with Crippen LogP contribution in [0.15, 0.2) is 18.5 Å². The van der Waals surface area contributed by atoms with Crippen molar-refractivity contribution in [3.05, 3.63) is 29.0 Å². The van der Waals surface area contributed by atoms with Crippen molar-refractivity contribution in [2.24, 2.45) is 0 Å². The number of nitrogens with zero attached hydrogens (tertiary/aromatic N) is 1. The summed E-state index contributed by atoms with van der Waals surface area (Å²) < 4.78 is 5.69. The van der Waals surface area contributed by atoms with E-state index in [1.54, 1.807) is 12.3 Å². The molecule has 2 aliphatic heterocycles. The fraction of sp³-hybridized carbons (Fsp3) is 0.500. The fourth-order valence-corrected chi connectivity index (χ4v) is 2.80. The van der Waals surface area contributed by atoms with Crippen LogP contribution in [0.4, 0.5) is 0 Å². The van der Waals surface area contributed by atoms with Gasteiger partial charge in [-0.25, -0.2) is 0 Å². The fourth-order valence-electron chi connectivity index (χ4n) is 2.60. The molecular weight excluding hydrogens is 240 g/mol. The second-order valence-corrected chi connectivity index (χ2v) is 4.95. The molecule has 3 heterocycles. The molecule has 1 amide bonds. The summed E-state index contributed by atoms with van der Waals surface area (Å²) in [7, 11) is 0. The minimum atomic E-state index is -0.140. The predicted molar refractivity (Wildman–Crippen MR) is 63.0 cm³/mol. The van der Waals surface area contributed by atoms with Crippen LogP contribution in [0.25, 0.3) is 0 Å². The van der Waals surface area contributed by atoms with E-state index in [1.807, 2.05) is 0 Å². The van der Waals surface area contributed by atoms with Gasteiger partial charge in [-0.15, -0.1) is 0 Å². The van der Waals surface area contributed by atoms with Crippen molar-refractivity contribution < 1.29 is 9.53 Å². The highest BCUT2D eigenvalue weighted by molar-refractivity contribution is 6.33. The summed E-state index contributed by atoms with van der Waals surface area (Å²) in [5.74, 6) is -0.140. The maximum absolute atomic E-state index is 12.0. The van der Waals surface area contributed by atoms with E-state index in [4.69, 9.17) is 16.3 Å². The lowest BCUT2D eigenvalue weighted by atomic mass is 9.95. The lowest BCUT2D eigenvalue weighted by molar-refractivity contribution is 0.0841. The van der Waals surface area contributed by atoms with Crippen LogP contribution in [0.3, 0.4) is 0 Å². The molecule has 0 spiro atoms. The summed E-state index contributed by atoms with van der Waals surface area (Å²) in [6.45, 7) is 0. The van der Waals surface area contributed by atoms with Gasteiger partial charge in [0.25, 0.3) is 5.91 Å². The average molecular weight is 253 g/mol. The third-order valence-electron chi connectivity index (χ3n) is 3.44. The van der Waals surface area contributed by atoms with Gasteiger partial charge in [0.05, 0.1) is 28.8 Å². The largest absolute Gasteiger partial charge is 0.373 e. The number of nitrogens with one attached hydrogen (secondary N) is 1. The maximum Gasteiger partial charge on any atom is 0.253 e. The second kappa shape index (κ2) is 4.27. The number of amides is 1. The summed E-state index contributed by atoms with van der Waals surface area (Å²) in [6.07, 6.45) is 6.64. The van der Waals surface area contributed by atoms with Gasteiger partial charge in [-0.2, -0.15) is 0 Å². The molecule has 0 saturated carbocycles. The average Bonchev–Trinajstić information content (AvgIpc) is 2.91. The summed E-state index contributed by atoms with van der Waals surface area (Å²) in [5.41, 5.74) is 0.476. The van der Waals surface area contributed by atoms with E-state index >= 15 is 0 Å². The van der Waals surface area contributed by atoms with Crippen LogP contribution < -0.4 is 5.32 Å². The third-order valence-corrected chi connectivity index (χ3v) is 3.74. The van der Waals surface area contributed by atoms with E-state index in [1.165, 1.54) is 6.20 Å². The molecular formula is C12H13ClN2O2. The van der Waals surface area contributed by atoms with Crippen molar-refractivity contribution in [2.45, 2.75) is 37.5 Å². The number of ether oxygens (including phenoxy) is 1. The maximum atomic E-state index is 12.0. The quantitative estimate of drug-likeness (QED) is 0.873. The Morgan fingerprint density at radius 1 is 1.53 bits per heavy atom. The van der Waals surface area contributed by atoms with Gasteiger partial charge in [0.1, 0.15) is 0 Å². The molecule has 3 rings (SSSR count). The smallest absolute Gasteiger partial charge is 0.253 e. The van der Waals surface area contributed by atoms with Crippen molar-refractivity contribution in [1.82, 2.24) is 10.3 Å². The number of aromatic nitrogens is 1. The first-order valence-electron chi connectivity index (χ1n) is 5.80. The van der Waals surface area contributed by atoms with E-state index in [0.717, 1.165) is 19.3 Å². The van der Waals surface area contributed by atoms with Crippen LogP contribution in [0.2, 0.25) is 5.02 Å². The summed E-state index contributed by atoms with van der Waals surface area (Å²) in [4.78, 5) is 15.9. The van der Waals surface area contributed by atoms with Crippen LogP contribution in [0.1, 0.15) is 29.6 Å². The first kappa shape index (κ1) is 11.0. The highest BCUT2D eigenvalue weighted by atomic mass is 35.5. The Balaban J connectivity index is 1.70. The van der Waals surface area contributed by atoms with Crippen LogP contribution in [-0.2, 0) is 4.74 Å². The number of hydrogen-bond donors (Lipinski definition) is 1. The molecule has 2 saturated heterocycles. The number of hydrogen-bond acceptors (Lipinski definition) is 3. The zero-order valence-corrected chi connectivity index (χ0v) is 9.98. The molecule has 1 aromatic heterocycles. The van der Waals surface area contributed by atoms with Gasteiger partial charge in [0.15, 0.2) is 0 Å². The molecule has 3 unspecified atom stereocenters. The lowest BCUT2D eigenvalue weighted by Crippen LogP contribution is -2.41. The van der Waals surface area contributed by atoms with Crippen LogP contribution in [0.5, 0.6) is 0 Å². The SMILES string of the molecule is O=C(NC1CC2CCC1O2)c1ccncc1Cl. The normalized spacial score (nSPS) is 30.5. The minimum Gasteiger partial charge on any atom is -0.373 e. The van der Waals surface area contributed by atoms with Crippen molar-refractivity contribution in [2.75, 3.05) is 0 Å². The van der Waals surface area contributed by atoms with Crippen molar-refractivity contribution in [1.29, 1.82) is 0 Å². The van der Waals surface area contributed by atoms with Crippen LogP contribution in [0, 0.1) is 0 Å². The van der Waals surface area contributed by atoms with E-state index < -0.39 is 0 Å². The number of pyridine rings is 1. The van der Waals surface area contributed by atoms with E-state index in [9.17, 15) is 4.79 Å². The molecule has 0 radical (unpaired) electrons. The van der Waals surface area contributed by atoms with Gasteiger partial charge in [-0.1, -0.05) is 11.6 Å². The summed E-state index contributed by atoms with van der Waals surface area (Å²) >= 11 is 5.93. The number of fused-ring (bicyclic) bond motifs is 2. The summed E-state index contributed by atoms with van der Waals surface area (Å²) in [6, 6.07) is 1.76. The van der Waals surface area contributed by atoms with E-state index in [2.05, 4.69) is 10.3 Å². The Kier molecular flexibility index (Phi) is 2.76. The van der Waals surface area contributed by atoms with Gasteiger partial charge in [0.2, 0.25) is 0 Å². The third kappa shape index (κ3) is 2.03. The predicted octanol–water partition coefficient (Wildman–Crippen LogP) is 1.78. The lowest BCUT2D eigenvalue weighted by Gasteiger charge is -2.20. The van der Waals surface area contributed by atoms with Gasteiger partial charge in [0, 0.05) is 12.4 Å². The molecule has 2 bridgehead atoms. The Bertz CT molecular complexity index is 452. The Hall–Kier alpha value is -1.13. The van der Waals surface area contributed by atoms with Crippen LogP contribution in [-0.4, -0.2) is 29.1 Å². The van der Waals surface area contributed by atoms with Gasteiger partial charge >= 0.3 is 0 Å². The molecule has 90 valence electrons. The minimum absolute atomic E-state index is 0.130. The molecule has 17 heavy (non-hydrogen) atoms. The standard InChI is InChI=1S/C12H13ClN2O2/c13-9-6-14-4-3-8(9)12(16)15-10-5-7-1-2-11(10)17-7/h3-4,6-7,10-11H,1-2,5H2,(H,15,16). The van der Waals surface area contributed by atoms with Crippen LogP contribution >= 0.6 is 11.6 Å². The number of halogens is 1. The number of carbonyl (C=O) groups excluding carboxylic acids is 1. The van der Waals surface area contributed by atoms with Crippen molar-refractivity contribution in [3.8, 4) is 0 Å². The molecule has 3 atom stereocenters. The van der Waals surface area contributed by atoms with Crippen molar-refractivity contribution >= 4 is 17.5 Å². The number of rotatable bonds is 2. The van der Waals surface area contributed by atoms with Crippen molar-refractivity contribution in [3.63, 3.8) is 0 Å². The molecule has 4 nitrogen and oxygen atoms in total. The zero-order valence-electron chi connectivity index (χ0n) is 9.23. The molecule has 2 fully saturated rings. The molecule has 1 N–H and O–H groups in total. The van der Waals surface area contributed by atoms with Gasteiger partial charge < -0.3 is 10.1 Å². The monoisotopic (exact) mass is 252 g/mol. The molecule has 0 aromatic carbocycles. The highest BCUT2D eigenvalue weighted by Crippen LogP contribution is 2.34. The summed E-state index contributed by atoms with van der Waals surface area (Å²) in [5, 5.41) is 3.37. The molecule has 0 aliphatic carbocycles. The molecule has 2 aliphatic rings. The Labute approximate surface area is 104 Å². The first-order chi connectivity index (χ1) is 8.24. The van der Waals surface area contributed by atoms with Gasteiger partial charge in [-0.05, 0) is 25.3 Å². The number of carbonyl (C=O) groups is 1. The zero-order chi connectivity index (χ0) is 11.8. The van der Waals surface area contributed by atoms with Gasteiger partial charge in [-0.3, -0.25) is 9.78 Å². The van der Waals surface area contributed by atoms with E-state index in [0.29, 0.717) is 16.7 Å². The highest BCUT2D eigenvalue weighted by Gasteiger charge is 2.41. The topological polar surface area (TPSA) is 51.2 Å². The Morgan fingerprint density at radius 3 is 3.06 bits per heavy atom. The Morgan fingerprint density at radius 2 is 2.41 bits per heavy atom. The molecule has 5 heteroatoms. The van der Waals surface area contributed by atoms with E-state index in [-0.39, 0.29) is 18.1 Å².